The van der Waals surface area contributed by atoms with Gasteiger partial charge in [-0.2, -0.15) is 0 Å². The molecule has 1 fully saturated rings. The molecule has 1 atom stereocenters. The highest BCUT2D eigenvalue weighted by atomic mass is 32.2. The van der Waals surface area contributed by atoms with Gasteiger partial charge in [0.25, 0.3) is 0 Å². The number of carbonyl (C=O) groups excluding carboxylic acids is 1. The molecule has 1 saturated carbocycles. The molecule has 0 saturated heterocycles. The number of carbonyl (C=O) groups is 1. The van der Waals surface area contributed by atoms with Crippen LogP contribution in [0.5, 0.6) is 0 Å². The van der Waals surface area contributed by atoms with Gasteiger partial charge in [-0.15, -0.1) is 0 Å². The second kappa shape index (κ2) is 6.41. The minimum Gasteiger partial charge on any atom is -0.380 e. The van der Waals surface area contributed by atoms with Gasteiger partial charge in [-0.3, -0.25) is 4.79 Å². The van der Waals surface area contributed by atoms with E-state index >= 15 is 0 Å². The molecule has 0 bridgehead atoms. The molecule has 4 aromatic rings. The number of anilines is 1. The van der Waals surface area contributed by atoms with E-state index in [-0.39, 0.29) is 16.5 Å². The predicted molar refractivity (Wildman–Crippen MR) is 120 cm³/mol. The average Bonchev–Trinajstić information content (AvgIpc) is 3.44. The zero-order valence-corrected chi connectivity index (χ0v) is 18.4. The zero-order valence-electron chi connectivity index (χ0n) is 17.6. The first kappa shape index (κ1) is 19.5. The van der Waals surface area contributed by atoms with Crippen LogP contribution in [0.3, 0.4) is 0 Å². The fraction of sp³-hybridized carbons (Fsp3) is 0.304. The van der Waals surface area contributed by atoms with Crippen molar-refractivity contribution in [3.05, 3.63) is 41.7 Å². The van der Waals surface area contributed by atoms with Gasteiger partial charge < -0.3 is 14.5 Å². The third-order valence-corrected chi connectivity index (χ3v) is 7.80. The Morgan fingerprint density at radius 3 is 2.66 bits per heavy atom. The molecule has 1 N–H and O–H groups in total. The van der Waals surface area contributed by atoms with Crippen molar-refractivity contribution in [1.29, 1.82) is 0 Å². The summed E-state index contributed by atoms with van der Waals surface area (Å²) >= 11 is 0. The Labute approximate surface area is 183 Å². The number of sulfone groups is 1. The minimum absolute atomic E-state index is 0.153. The maximum absolute atomic E-state index is 14.8. The molecular weight excluding hydrogens is 431 g/mol. The molecule has 1 aliphatic heterocycles. The van der Waals surface area contributed by atoms with Crippen molar-refractivity contribution >= 4 is 43.7 Å². The maximum Gasteiger partial charge on any atom is 0.177 e. The lowest BCUT2D eigenvalue weighted by molar-refractivity contribution is 0.112. The highest BCUT2D eigenvalue weighted by Gasteiger charge is 2.38. The number of rotatable bonds is 4. The van der Waals surface area contributed by atoms with E-state index in [0.29, 0.717) is 41.3 Å². The summed E-state index contributed by atoms with van der Waals surface area (Å²) in [6.07, 6.45) is 4.06. The second-order valence-electron chi connectivity index (χ2n) is 8.82. The number of aromatic nitrogens is 3. The third-order valence-electron chi connectivity index (χ3n) is 6.66. The van der Waals surface area contributed by atoms with Crippen LogP contribution < -0.4 is 5.32 Å². The van der Waals surface area contributed by atoms with Gasteiger partial charge in [0.1, 0.15) is 17.6 Å². The van der Waals surface area contributed by atoms with Crippen LogP contribution in [0.15, 0.2) is 35.2 Å². The Kier molecular flexibility index (Phi) is 3.90. The van der Waals surface area contributed by atoms with E-state index in [9.17, 15) is 17.6 Å². The van der Waals surface area contributed by atoms with Gasteiger partial charge >= 0.3 is 0 Å². The Hall–Kier alpha value is -3.20. The second-order valence-corrected chi connectivity index (χ2v) is 10.8. The molecule has 9 heteroatoms. The van der Waals surface area contributed by atoms with Gasteiger partial charge in [-0.25, -0.2) is 17.8 Å². The van der Waals surface area contributed by atoms with E-state index in [2.05, 4.69) is 9.88 Å². The molecule has 2 aromatic carbocycles. The fourth-order valence-corrected chi connectivity index (χ4v) is 5.92. The van der Waals surface area contributed by atoms with Crippen molar-refractivity contribution in [2.45, 2.75) is 23.8 Å². The number of nitrogens with one attached hydrogen (secondary N) is 1. The maximum atomic E-state index is 14.8. The number of aldehydes is 1. The lowest BCUT2D eigenvalue weighted by atomic mass is 10.1. The van der Waals surface area contributed by atoms with Crippen LogP contribution in [0.25, 0.3) is 33.5 Å². The van der Waals surface area contributed by atoms with Crippen LogP contribution in [-0.2, 0) is 16.9 Å². The van der Waals surface area contributed by atoms with E-state index in [0.717, 1.165) is 29.4 Å². The molecule has 32 heavy (non-hydrogen) atoms. The first-order valence-electron chi connectivity index (χ1n) is 10.5. The minimum atomic E-state index is -3.42. The number of hydrogen-bond acceptors (Lipinski definition) is 5. The number of fused-ring (bicyclic) bond motifs is 1. The van der Waals surface area contributed by atoms with Crippen LogP contribution in [0.4, 0.5) is 10.1 Å². The van der Waals surface area contributed by atoms with E-state index < -0.39 is 15.7 Å². The molecule has 6 rings (SSSR count). The summed E-state index contributed by atoms with van der Waals surface area (Å²) in [4.78, 5) is 16.2. The summed E-state index contributed by atoms with van der Waals surface area (Å²) in [5.74, 6) is 0.582. The summed E-state index contributed by atoms with van der Waals surface area (Å²) in [6.45, 7) is 0.620. The topological polar surface area (TPSA) is 86.0 Å². The lowest BCUT2D eigenvalue weighted by Gasteiger charge is -2.30. The molecular formula is C23H21FN4O3S. The largest absolute Gasteiger partial charge is 0.380 e. The highest BCUT2D eigenvalue weighted by Crippen LogP contribution is 2.48. The summed E-state index contributed by atoms with van der Waals surface area (Å²) < 4.78 is 43.5. The Morgan fingerprint density at radius 2 is 1.97 bits per heavy atom. The number of nitrogens with zero attached hydrogens (tertiary/aromatic N) is 3. The standard InChI is InChI=1S/C23H21FN4O3S/c1-27-22-15(24)7-12(11-29)8-16(22)26-23(27)17-9-14-5-6-19(32(2,30)31)20-21(14)28(17)18(10-25-20)13-3-4-13/h5-9,11,13,18,25H,3-4,10H2,1-2H3. The monoisotopic (exact) mass is 452 g/mol. The van der Waals surface area contributed by atoms with Gasteiger partial charge in [0, 0.05) is 30.8 Å². The number of hydrogen-bond donors (Lipinski definition) is 1. The van der Waals surface area contributed by atoms with Crippen molar-refractivity contribution in [1.82, 2.24) is 14.1 Å². The SMILES string of the molecule is Cn1c(-c2cc3ccc(S(C)(=O)=O)c4c3n2C(C2CC2)CN4)nc2cc(C=O)cc(F)c21. The smallest absolute Gasteiger partial charge is 0.177 e. The van der Waals surface area contributed by atoms with Crippen molar-refractivity contribution in [2.24, 2.45) is 13.0 Å². The number of aryl methyl sites for hydroxylation is 1. The van der Waals surface area contributed by atoms with Crippen molar-refractivity contribution in [3.63, 3.8) is 0 Å². The third kappa shape index (κ3) is 2.67. The Bertz CT molecular complexity index is 1560. The van der Waals surface area contributed by atoms with Crippen molar-refractivity contribution in [3.8, 4) is 11.5 Å². The van der Waals surface area contributed by atoms with E-state index in [1.807, 2.05) is 12.1 Å². The molecule has 1 aliphatic carbocycles. The van der Waals surface area contributed by atoms with Gasteiger partial charge in [0.2, 0.25) is 0 Å². The fourth-order valence-electron chi connectivity index (χ4n) is 5.07. The Morgan fingerprint density at radius 1 is 1.19 bits per heavy atom. The quantitative estimate of drug-likeness (QED) is 0.474. The number of benzene rings is 2. The van der Waals surface area contributed by atoms with Gasteiger partial charge in [-0.05, 0) is 43.0 Å². The van der Waals surface area contributed by atoms with E-state index in [1.165, 1.54) is 12.3 Å². The molecule has 7 nitrogen and oxygen atoms in total. The van der Waals surface area contributed by atoms with E-state index in [1.54, 1.807) is 23.7 Å². The van der Waals surface area contributed by atoms with Gasteiger partial charge in [0.15, 0.2) is 15.7 Å². The number of imidazole rings is 1. The first-order valence-corrected chi connectivity index (χ1v) is 12.4. The van der Waals surface area contributed by atoms with Crippen LogP contribution in [0, 0.1) is 11.7 Å². The van der Waals surface area contributed by atoms with Gasteiger partial charge in [0.05, 0.1) is 33.4 Å². The van der Waals surface area contributed by atoms with Crippen LogP contribution in [0.2, 0.25) is 0 Å². The predicted octanol–water partition coefficient (Wildman–Crippen LogP) is 3.93. The molecule has 3 heterocycles. The molecule has 2 aliphatic rings. The zero-order chi connectivity index (χ0) is 22.4. The lowest BCUT2D eigenvalue weighted by Crippen LogP contribution is -2.27. The van der Waals surface area contributed by atoms with Gasteiger partial charge in [-0.1, -0.05) is 6.07 Å². The molecule has 0 amide bonds. The molecule has 164 valence electrons. The summed E-state index contributed by atoms with van der Waals surface area (Å²) in [7, 11) is -1.66. The molecule has 0 spiro atoms. The summed E-state index contributed by atoms with van der Waals surface area (Å²) in [5.41, 5.74) is 3.25. The van der Waals surface area contributed by atoms with Crippen LogP contribution in [0.1, 0.15) is 29.2 Å². The first-order chi connectivity index (χ1) is 15.3. The summed E-state index contributed by atoms with van der Waals surface area (Å²) in [5, 5.41) is 4.28. The number of halogens is 1. The highest BCUT2D eigenvalue weighted by molar-refractivity contribution is 7.90. The molecule has 1 unspecified atom stereocenters. The average molecular weight is 453 g/mol. The van der Waals surface area contributed by atoms with Crippen LogP contribution >= 0.6 is 0 Å². The van der Waals surface area contributed by atoms with E-state index in [4.69, 9.17) is 4.98 Å². The van der Waals surface area contributed by atoms with Crippen LogP contribution in [-0.4, -0.2) is 41.6 Å². The normalized spacial score (nSPS) is 18.3. The Balaban J connectivity index is 1.69. The van der Waals surface area contributed by atoms with Crippen molar-refractivity contribution in [2.75, 3.05) is 18.1 Å². The molecule has 0 radical (unpaired) electrons. The molecule has 2 aromatic heterocycles. The van der Waals surface area contributed by atoms with Crippen molar-refractivity contribution < 1.29 is 17.6 Å². The summed E-state index contributed by atoms with van der Waals surface area (Å²) in [6, 6.07) is 8.40.